The third-order valence-electron chi connectivity index (χ3n) is 3.17. The van der Waals surface area contributed by atoms with Crippen LogP contribution < -0.4 is 9.47 Å². The number of halogens is 3. The second kappa shape index (κ2) is 10.7. The van der Waals surface area contributed by atoms with Gasteiger partial charge in [0.25, 0.3) is 0 Å². The number of benzene rings is 1. The fraction of sp³-hybridized carbons (Fsp3) is 0.375. The van der Waals surface area contributed by atoms with Crippen LogP contribution in [0.15, 0.2) is 24.3 Å². The van der Waals surface area contributed by atoms with Crippen LogP contribution in [0.2, 0.25) is 6.04 Å². The Bertz CT molecular complexity index is 629. The molecule has 0 saturated heterocycles. The quantitative estimate of drug-likeness (QED) is 0.144. The van der Waals surface area contributed by atoms with Gasteiger partial charge in [0.2, 0.25) is 0 Å². The highest BCUT2D eigenvalue weighted by molar-refractivity contribution is 7.64. The first-order valence-electron chi connectivity index (χ1n) is 7.58. The number of methoxy groups -OCH3 is 1. The number of carbonyl (C=O) groups is 2. The molecule has 0 spiro atoms. The summed E-state index contributed by atoms with van der Waals surface area (Å²) in [7, 11) is 1.46. The molecule has 0 aliphatic heterocycles. The molecule has 0 saturated carbocycles. The smallest absolute Gasteiger partial charge is 0.341 e. The molecular formula is C16H19Cl3O5Si. The molecule has 0 radical (unpaired) electrons. The molecule has 0 amide bonds. The summed E-state index contributed by atoms with van der Waals surface area (Å²) in [5, 5.41) is 8.66. The monoisotopic (exact) mass is 424 g/mol. The predicted octanol–water partition coefficient (Wildman–Crippen LogP) is 4.91. The van der Waals surface area contributed by atoms with E-state index in [0.29, 0.717) is 23.8 Å². The highest BCUT2D eigenvalue weighted by Crippen LogP contribution is 2.30. The van der Waals surface area contributed by atoms with Gasteiger partial charge in [0, 0.05) is 12.5 Å². The molecule has 0 aromatic heterocycles. The average Bonchev–Trinajstić information content (AvgIpc) is 2.51. The molecule has 0 heterocycles. The Hall–Kier alpha value is -1.21. The molecular weight excluding hydrogens is 407 g/mol. The topological polar surface area (TPSA) is 72.8 Å². The molecule has 0 atom stereocenters. The Balaban J connectivity index is 2.57. The summed E-state index contributed by atoms with van der Waals surface area (Å²) in [6.45, 7) is 0. The van der Waals surface area contributed by atoms with Crippen molar-refractivity contribution in [1.29, 1.82) is 0 Å². The summed E-state index contributed by atoms with van der Waals surface area (Å²) in [4.78, 5) is 22.5. The van der Waals surface area contributed by atoms with Crippen molar-refractivity contribution in [2.45, 2.75) is 31.7 Å². The fourth-order valence-corrected chi connectivity index (χ4v) is 3.84. The number of unbranched alkanes of at least 4 members (excludes halogenated alkanes) is 2. The first-order chi connectivity index (χ1) is 11.7. The summed E-state index contributed by atoms with van der Waals surface area (Å²) in [5.41, 5.74) is 0.582. The van der Waals surface area contributed by atoms with Gasteiger partial charge in [0.1, 0.15) is 0 Å². The van der Waals surface area contributed by atoms with Crippen molar-refractivity contribution in [3.05, 3.63) is 29.8 Å². The molecule has 0 aliphatic carbocycles. The van der Waals surface area contributed by atoms with E-state index in [1.807, 2.05) is 0 Å². The van der Waals surface area contributed by atoms with Gasteiger partial charge in [0.15, 0.2) is 11.5 Å². The highest BCUT2D eigenvalue weighted by atomic mass is 35.8. The summed E-state index contributed by atoms with van der Waals surface area (Å²) >= 11 is 17.4. The van der Waals surface area contributed by atoms with Gasteiger partial charge >= 0.3 is 17.9 Å². The number of carbonyl (C=O) groups excluding carboxylic acids is 1. The summed E-state index contributed by atoms with van der Waals surface area (Å²) in [6.07, 6.45) is 4.80. The number of aliphatic carboxylic acids is 1. The van der Waals surface area contributed by atoms with E-state index in [1.54, 1.807) is 18.2 Å². The van der Waals surface area contributed by atoms with Crippen molar-refractivity contribution in [3.63, 3.8) is 0 Å². The third kappa shape index (κ3) is 9.74. The van der Waals surface area contributed by atoms with E-state index in [1.165, 1.54) is 13.2 Å². The minimum atomic E-state index is -2.59. The van der Waals surface area contributed by atoms with Gasteiger partial charge in [-0.1, -0.05) is 18.9 Å². The second-order valence-electron chi connectivity index (χ2n) is 5.23. The van der Waals surface area contributed by atoms with E-state index in [2.05, 4.69) is 0 Å². The van der Waals surface area contributed by atoms with Gasteiger partial charge in [-0.2, -0.15) is 0 Å². The van der Waals surface area contributed by atoms with Crippen LogP contribution in [0.5, 0.6) is 11.5 Å². The van der Waals surface area contributed by atoms with Gasteiger partial charge in [-0.3, -0.25) is 4.79 Å². The Kier molecular flexibility index (Phi) is 9.35. The molecule has 25 heavy (non-hydrogen) atoms. The number of carboxylic acids is 1. The lowest BCUT2D eigenvalue weighted by atomic mass is 10.2. The molecule has 138 valence electrons. The minimum absolute atomic E-state index is 0.236. The van der Waals surface area contributed by atoms with E-state index in [9.17, 15) is 9.59 Å². The van der Waals surface area contributed by atoms with Crippen molar-refractivity contribution in [2.75, 3.05) is 7.11 Å². The summed E-state index contributed by atoms with van der Waals surface area (Å²) in [6, 6.07) is 2.79. The van der Waals surface area contributed by atoms with Crippen LogP contribution in [0.25, 0.3) is 6.08 Å². The highest BCUT2D eigenvalue weighted by Gasteiger charge is 2.23. The Labute approximate surface area is 161 Å². The van der Waals surface area contributed by atoms with Crippen molar-refractivity contribution in [1.82, 2.24) is 0 Å². The molecule has 0 unspecified atom stereocenters. The van der Waals surface area contributed by atoms with Crippen LogP contribution in [0, 0.1) is 0 Å². The third-order valence-corrected chi connectivity index (χ3v) is 5.79. The maximum atomic E-state index is 12.0. The summed E-state index contributed by atoms with van der Waals surface area (Å²) in [5.74, 6) is -0.826. The number of esters is 1. The van der Waals surface area contributed by atoms with Gasteiger partial charge in [-0.05, 0) is 36.2 Å². The van der Waals surface area contributed by atoms with Crippen LogP contribution in [0.3, 0.4) is 0 Å². The van der Waals surface area contributed by atoms with E-state index >= 15 is 0 Å². The number of rotatable bonds is 10. The largest absolute Gasteiger partial charge is 0.493 e. The van der Waals surface area contributed by atoms with Gasteiger partial charge in [0.05, 0.1) is 7.11 Å². The van der Waals surface area contributed by atoms with Gasteiger partial charge < -0.3 is 14.6 Å². The van der Waals surface area contributed by atoms with Crippen LogP contribution in [-0.2, 0) is 9.59 Å². The molecule has 1 aromatic carbocycles. The molecule has 1 N–H and O–H groups in total. The molecule has 1 aromatic rings. The zero-order chi connectivity index (χ0) is 18.9. The number of carboxylic acid groups (broad SMARTS) is 1. The number of ether oxygens (including phenoxy) is 2. The normalized spacial score (nSPS) is 11.5. The maximum Gasteiger partial charge on any atom is 0.341 e. The average molecular weight is 426 g/mol. The SMILES string of the molecule is COc1ccc(/C=C/C(=O)O)cc1OC(=O)CCCCC[Si](Cl)(Cl)Cl. The lowest BCUT2D eigenvalue weighted by molar-refractivity contribution is -0.134. The van der Waals surface area contributed by atoms with E-state index in [-0.39, 0.29) is 12.2 Å². The first-order valence-corrected chi connectivity index (χ1v) is 12.8. The Morgan fingerprint density at radius 2 is 1.88 bits per heavy atom. The Morgan fingerprint density at radius 1 is 1.16 bits per heavy atom. The van der Waals surface area contributed by atoms with Crippen molar-refractivity contribution < 1.29 is 24.2 Å². The maximum absolute atomic E-state index is 12.0. The molecule has 0 fully saturated rings. The lowest BCUT2D eigenvalue weighted by Gasteiger charge is -2.10. The number of hydrogen-bond acceptors (Lipinski definition) is 4. The van der Waals surface area contributed by atoms with Crippen LogP contribution >= 0.6 is 33.2 Å². The predicted molar refractivity (Wildman–Crippen MR) is 102 cm³/mol. The molecule has 9 heteroatoms. The van der Waals surface area contributed by atoms with Crippen LogP contribution in [-0.4, -0.2) is 30.2 Å². The van der Waals surface area contributed by atoms with Crippen LogP contribution in [0.4, 0.5) is 0 Å². The molecule has 0 aliphatic rings. The molecule has 5 nitrogen and oxygen atoms in total. The van der Waals surface area contributed by atoms with E-state index in [4.69, 9.17) is 47.8 Å². The fourth-order valence-electron chi connectivity index (χ4n) is 1.99. The second-order valence-corrected chi connectivity index (χ2v) is 14.5. The van der Waals surface area contributed by atoms with Gasteiger partial charge in [-0.25, -0.2) is 4.79 Å². The minimum Gasteiger partial charge on any atom is -0.493 e. The van der Waals surface area contributed by atoms with Crippen molar-refractivity contribution >= 4 is 57.3 Å². The zero-order valence-electron chi connectivity index (χ0n) is 13.6. The lowest BCUT2D eigenvalue weighted by Crippen LogP contribution is -2.10. The molecule has 1 rings (SSSR count). The van der Waals surface area contributed by atoms with Crippen molar-refractivity contribution in [3.8, 4) is 11.5 Å². The standard InChI is InChI=1S/C16H19Cl3O5Si/c1-23-13-8-6-12(7-9-15(20)21)11-14(13)24-16(22)5-3-2-4-10-25(17,18)19/h6-9,11H,2-5,10H2,1H3,(H,20,21)/b9-7+. The Morgan fingerprint density at radius 3 is 2.48 bits per heavy atom. The zero-order valence-corrected chi connectivity index (χ0v) is 16.9. The first kappa shape index (κ1) is 21.8. The number of hydrogen-bond donors (Lipinski definition) is 1. The van der Waals surface area contributed by atoms with E-state index < -0.39 is 17.9 Å². The van der Waals surface area contributed by atoms with Crippen LogP contribution in [0.1, 0.15) is 31.2 Å². The summed E-state index contributed by atoms with van der Waals surface area (Å²) < 4.78 is 10.5. The van der Waals surface area contributed by atoms with Gasteiger partial charge in [-0.15, -0.1) is 33.2 Å². The van der Waals surface area contributed by atoms with E-state index in [0.717, 1.165) is 18.9 Å². The molecule has 0 bridgehead atoms. The van der Waals surface area contributed by atoms with Crippen molar-refractivity contribution in [2.24, 2.45) is 0 Å².